The van der Waals surface area contributed by atoms with Crippen LogP contribution in [-0.4, -0.2) is 15.0 Å². The summed E-state index contributed by atoms with van der Waals surface area (Å²) in [6.07, 6.45) is 5.41. The Balaban J connectivity index is 1.79. The molecule has 0 spiro atoms. The predicted molar refractivity (Wildman–Crippen MR) is 71.1 cm³/mol. The Kier molecular flexibility index (Phi) is 2.84. The minimum Gasteiger partial charge on any atom is -0.350 e. The van der Waals surface area contributed by atoms with Crippen molar-refractivity contribution < 1.29 is 0 Å². The maximum Gasteiger partial charge on any atom is 0.223 e. The molecule has 2 heterocycles. The van der Waals surface area contributed by atoms with Gasteiger partial charge in [0.25, 0.3) is 0 Å². The molecule has 0 unspecified atom stereocenters. The monoisotopic (exact) mass is 236 g/mol. The molecule has 0 saturated heterocycles. The van der Waals surface area contributed by atoms with E-state index in [2.05, 4.69) is 20.3 Å². The summed E-state index contributed by atoms with van der Waals surface area (Å²) in [5.41, 5.74) is 2.05. The van der Waals surface area contributed by atoms with Crippen LogP contribution >= 0.6 is 0 Å². The molecule has 2 aromatic heterocycles. The zero-order valence-electron chi connectivity index (χ0n) is 9.74. The molecule has 1 N–H and O–H groups in total. The SMILES string of the molecule is c1cncc(CNc2ncc3ccccc3n2)c1. The summed E-state index contributed by atoms with van der Waals surface area (Å²) in [5, 5.41) is 4.24. The van der Waals surface area contributed by atoms with E-state index in [1.807, 2.05) is 48.8 Å². The third-order valence-electron chi connectivity index (χ3n) is 2.66. The number of nitrogens with zero attached hydrogens (tertiary/aromatic N) is 3. The van der Waals surface area contributed by atoms with Crippen LogP contribution in [-0.2, 0) is 6.54 Å². The lowest BCUT2D eigenvalue weighted by molar-refractivity contribution is 1.06. The minimum atomic E-state index is 0.637. The number of pyridine rings is 1. The lowest BCUT2D eigenvalue weighted by Gasteiger charge is -2.05. The lowest BCUT2D eigenvalue weighted by atomic mass is 10.2. The van der Waals surface area contributed by atoms with Gasteiger partial charge in [-0.1, -0.05) is 24.3 Å². The molecule has 18 heavy (non-hydrogen) atoms. The fourth-order valence-electron chi connectivity index (χ4n) is 1.74. The van der Waals surface area contributed by atoms with E-state index in [4.69, 9.17) is 0 Å². The highest BCUT2D eigenvalue weighted by Gasteiger charge is 1.99. The van der Waals surface area contributed by atoms with Gasteiger partial charge in [-0.15, -0.1) is 0 Å². The van der Waals surface area contributed by atoms with Crippen molar-refractivity contribution in [3.8, 4) is 0 Å². The number of aromatic nitrogens is 3. The fourth-order valence-corrected chi connectivity index (χ4v) is 1.74. The van der Waals surface area contributed by atoms with E-state index < -0.39 is 0 Å². The molecule has 0 amide bonds. The Labute approximate surface area is 105 Å². The van der Waals surface area contributed by atoms with Crippen molar-refractivity contribution in [1.82, 2.24) is 15.0 Å². The Morgan fingerprint density at radius 2 is 1.94 bits per heavy atom. The number of benzene rings is 1. The maximum atomic E-state index is 4.45. The van der Waals surface area contributed by atoms with Crippen LogP contribution in [0.1, 0.15) is 5.56 Å². The van der Waals surface area contributed by atoms with Crippen molar-refractivity contribution in [3.05, 3.63) is 60.6 Å². The molecule has 3 rings (SSSR count). The molecule has 1 aromatic carbocycles. The third-order valence-corrected chi connectivity index (χ3v) is 2.66. The van der Waals surface area contributed by atoms with Gasteiger partial charge < -0.3 is 5.32 Å². The summed E-state index contributed by atoms with van der Waals surface area (Å²) < 4.78 is 0. The number of anilines is 1. The molecule has 0 aliphatic heterocycles. The first-order chi connectivity index (χ1) is 8.92. The molecule has 3 aromatic rings. The molecule has 0 fully saturated rings. The van der Waals surface area contributed by atoms with Crippen LogP contribution in [0.15, 0.2) is 55.0 Å². The summed E-state index contributed by atoms with van der Waals surface area (Å²) in [6.45, 7) is 0.673. The van der Waals surface area contributed by atoms with E-state index in [-0.39, 0.29) is 0 Å². The first-order valence-corrected chi connectivity index (χ1v) is 5.76. The lowest BCUT2D eigenvalue weighted by Crippen LogP contribution is -2.03. The highest BCUT2D eigenvalue weighted by atomic mass is 15.1. The topological polar surface area (TPSA) is 50.7 Å². The molecule has 4 nitrogen and oxygen atoms in total. The Morgan fingerprint density at radius 3 is 2.83 bits per heavy atom. The van der Waals surface area contributed by atoms with E-state index in [0.29, 0.717) is 12.5 Å². The average molecular weight is 236 g/mol. The van der Waals surface area contributed by atoms with E-state index in [0.717, 1.165) is 16.5 Å². The maximum absolute atomic E-state index is 4.45. The number of hydrogen-bond donors (Lipinski definition) is 1. The quantitative estimate of drug-likeness (QED) is 0.759. The van der Waals surface area contributed by atoms with E-state index >= 15 is 0 Å². The minimum absolute atomic E-state index is 0.637. The number of nitrogens with one attached hydrogen (secondary N) is 1. The van der Waals surface area contributed by atoms with Crippen LogP contribution in [0.25, 0.3) is 10.9 Å². The normalized spacial score (nSPS) is 10.4. The predicted octanol–water partition coefficient (Wildman–Crippen LogP) is 2.64. The van der Waals surface area contributed by atoms with Crippen molar-refractivity contribution in [2.24, 2.45) is 0 Å². The molecule has 4 heteroatoms. The Morgan fingerprint density at radius 1 is 1.00 bits per heavy atom. The van der Waals surface area contributed by atoms with Gasteiger partial charge in [-0.2, -0.15) is 0 Å². The Hall–Kier alpha value is -2.49. The summed E-state index contributed by atoms with van der Waals surface area (Å²) in [7, 11) is 0. The van der Waals surface area contributed by atoms with Gasteiger partial charge in [-0.05, 0) is 17.7 Å². The van der Waals surface area contributed by atoms with Crippen molar-refractivity contribution in [3.63, 3.8) is 0 Å². The zero-order valence-corrected chi connectivity index (χ0v) is 9.74. The molecule has 88 valence electrons. The van der Waals surface area contributed by atoms with Gasteiger partial charge in [0.15, 0.2) is 0 Å². The van der Waals surface area contributed by atoms with Crippen LogP contribution in [0.4, 0.5) is 5.95 Å². The van der Waals surface area contributed by atoms with Crippen molar-refractivity contribution in [2.45, 2.75) is 6.54 Å². The first-order valence-electron chi connectivity index (χ1n) is 5.76. The van der Waals surface area contributed by atoms with E-state index in [1.165, 1.54) is 0 Å². The number of para-hydroxylation sites is 1. The van der Waals surface area contributed by atoms with Gasteiger partial charge in [-0.25, -0.2) is 9.97 Å². The van der Waals surface area contributed by atoms with Crippen LogP contribution in [0.3, 0.4) is 0 Å². The second kappa shape index (κ2) is 4.79. The van der Waals surface area contributed by atoms with Crippen LogP contribution < -0.4 is 5.32 Å². The van der Waals surface area contributed by atoms with Gasteiger partial charge in [-0.3, -0.25) is 4.98 Å². The van der Waals surface area contributed by atoms with E-state index in [9.17, 15) is 0 Å². The third kappa shape index (κ3) is 2.27. The molecule has 0 bridgehead atoms. The van der Waals surface area contributed by atoms with Gasteiger partial charge in [0.2, 0.25) is 5.95 Å². The highest BCUT2D eigenvalue weighted by molar-refractivity contribution is 5.78. The second-order valence-corrected chi connectivity index (χ2v) is 3.97. The van der Waals surface area contributed by atoms with Crippen LogP contribution in [0.2, 0.25) is 0 Å². The highest BCUT2D eigenvalue weighted by Crippen LogP contribution is 2.12. The summed E-state index contributed by atoms with van der Waals surface area (Å²) >= 11 is 0. The Bertz CT molecular complexity index is 652. The fraction of sp³-hybridized carbons (Fsp3) is 0.0714. The molecule has 0 atom stereocenters. The average Bonchev–Trinajstić information content (AvgIpc) is 2.46. The number of hydrogen-bond acceptors (Lipinski definition) is 4. The molecule has 0 aliphatic rings. The molecular weight excluding hydrogens is 224 g/mol. The van der Waals surface area contributed by atoms with Gasteiger partial charge >= 0.3 is 0 Å². The summed E-state index contributed by atoms with van der Waals surface area (Å²) in [5.74, 6) is 0.637. The van der Waals surface area contributed by atoms with Crippen LogP contribution in [0.5, 0.6) is 0 Å². The largest absolute Gasteiger partial charge is 0.350 e. The van der Waals surface area contributed by atoms with Crippen molar-refractivity contribution >= 4 is 16.9 Å². The molecule has 0 radical (unpaired) electrons. The number of fused-ring (bicyclic) bond motifs is 1. The van der Waals surface area contributed by atoms with Gasteiger partial charge in [0.05, 0.1) is 5.52 Å². The van der Waals surface area contributed by atoms with E-state index in [1.54, 1.807) is 6.20 Å². The molecule has 0 saturated carbocycles. The van der Waals surface area contributed by atoms with Crippen LogP contribution in [0, 0.1) is 0 Å². The van der Waals surface area contributed by atoms with Crippen molar-refractivity contribution in [2.75, 3.05) is 5.32 Å². The van der Waals surface area contributed by atoms with Gasteiger partial charge in [0, 0.05) is 30.5 Å². The summed E-state index contributed by atoms with van der Waals surface area (Å²) in [4.78, 5) is 12.8. The first kappa shape index (κ1) is 10.7. The summed E-state index contributed by atoms with van der Waals surface area (Å²) in [6, 6.07) is 11.9. The molecular formula is C14H12N4. The van der Waals surface area contributed by atoms with Gasteiger partial charge in [0.1, 0.15) is 0 Å². The standard InChI is InChI=1S/C14H12N4/c1-2-6-13-12(5-1)10-17-14(18-13)16-9-11-4-3-7-15-8-11/h1-8,10H,9H2,(H,16,17,18). The van der Waals surface area contributed by atoms with Crippen molar-refractivity contribution in [1.29, 1.82) is 0 Å². The zero-order chi connectivity index (χ0) is 12.2. The second-order valence-electron chi connectivity index (χ2n) is 3.97. The molecule has 0 aliphatic carbocycles. The smallest absolute Gasteiger partial charge is 0.223 e. The number of rotatable bonds is 3.